The number of carbonyl (C=O) groups excluding carboxylic acids is 2. The number of rotatable bonds is 5. The molecule has 0 N–H and O–H groups in total. The lowest BCUT2D eigenvalue weighted by Gasteiger charge is -2.15. The van der Waals surface area contributed by atoms with Crippen LogP contribution in [0.25, 0.3) is 17.0 Å². The van der Waals surface area contributed by atoms with Crippen molar-refractivity contribution in [2.45, 2.75) is 25.9 Å². The van der Waals surface area contributed by atoms with E-state index in [4.69, 9.17) is 12.2 Å². The highest BCUT2D eigenvalue weighted by atomic mass is 32.2. The lowest BCUT2D eigenvalue weighted by Crippen LogP contribution is -2.30. The molecule has 0 aliphatic carbocycles. The van der Waals surface area contributed by atoms with E-state index in [9.17, 15) is 9.59 Å². The van der Waals surface area contributed by atoms with Gasteiger partial charge < -0.3 is 9.47 Å². The summed E-state index contributed by atoms with van der Waals surface area (Å²) in [6.07, 6.45) is 9.45. The van der Waals surface area contributed by atoms with Crippen molar-refractivity contribution in [3.05, 3.63) is 71.0 Å². The number of benzene rings is 1. The van der Waals surface area contributed by atoms with Crippen LogP contribution in [0.5, 0.6) is 0 Å². The predicted octanol–water partition coefficient (Wildman–Crippen LogP) is 4.06. The lowest BCUT2D eigenvalue weighted by molar-refractivity contribution is -0.130. The highest BCUT2D eigenvalue weighted by molar-refractivity contribution is 8.26. The topological polar surface area (TPSA) is 58.4 Å². The number of carbonyl (C=O) groups is 2. The number of pyridine rings is 1. The number of hydrogen-bond donors (Lipinski definition) is 0. The Bertz CT molecular complexity index is 1230. The van der Waals surface area contributed by atoms with E-state index in [1.165, 1.54) is 11.8 Å². The molecule has 3 aromatic rings. The van der Waals surface area contributed by atoms with Crippen LogP contribution in [-0.2, 0) is 22.7 Å². The van der Waals surface area contributed by atoms with E-state index in [1.807, 2.05) is 58.1 Å². The van der Waals surface area contributed by atoms with Crippen molar-refractivity contribution in [2.75, 3.05) is 13.1 Å². The molecular weight excluding hydrogens is 440 g/mol. The van der Waals surface area contributed by atoms with E-state index in [0.717, 1.165) is 48.0 Å². The van der Waals surface area contributed by atoms with Crippen LogP contribution in [0, 0.1) is 0 Å². The first kappa shape index (κ1) is 20.9. The maximum Gasteiger partial charge on any atom is 0.266 e. The summed E-state index contributed by atoms with van der Waals surface area (Å²) in [5.41, 5.74) is 2.83. The van der Waals surface area contributed by atoms with Crippen molar-refractivity contribution in [3.63, 3.8) is 0 Å². The molecule has 6 nitrogen and oxygen atoms in total. The zero-order valence-corrected chi connectivity index (χ0v) is 19.1. The first-order valence-electron chi connectivity index (χ1n) is 10.6. The Kier molecular flexibility index (Phi) is 5.80. The number of thiocarbonyl (C=S) groups is 1. The third-order valence-corrected chi connectivity index (χ3v) is 7.19. The second kappa shape index (κ2) is 8.88. The zero-order valence-electron chi connectivity index (χ0n) is 17.4. The van der Waals surface area contributed by atoms with Crippen LogP contribution in [0.1, 0.15) is 24.0 Å². The summed E-state index contributed by atoms with van der Waals surface area (Å²) in [5, 5.41) is 1.01. The molecule has 0 radical (unpaired) electrons. The van der Waals surface area contributed by atoms with E-state index in [1.54, 1.807) is 17.3 Å². The number of fused-ring (bicyclic) bond motifs is 1. The largest absolute Gasteiger partial charge is 0.341 e. The molecule has 2 amide bonds. The van der Waals surface area contributed by atoms with Gasteiger partial charge in [0.1, 0.15) is 10.9 Å². The summed E-state index contributed by atoms with van der Waals surface area (Å²) in [7, 11) is 0. The molecule has 0 saturated carbocycles. The smallest absolute Gasteiger partial charge is 0.266 e. The average Bonchev–Trinajstić information content (AvgIpc) is 3.52. The minimum absolute atomic E-state index is 0.103. The van der Waals surface area contributed by atoms with E-state index in [2.05, 4.69) is 4.98 Å². The van der Waals surface area contributed by atoms with Gasteiger partial charge in [-0.2, -0.15) is 0 Å². The Balaban J connectivity index is 1.42. The van der Waals surface area contributed by atoms with Gasteiger partial charge in [-0.1, -0.05) is 48.2 Å². The van der Waals surface area contributed by atoms with Crippen molar-refractivity contribution in [2.24, 2.45) is 0 Å². The fraction of sp³-hybridized carbons (Fsp3) is 0.250. The number of aromatic nitrogens is 2. The van der Waals surface area contributed by atoms with Gasteiger partial charge in [0, 0.05) is 48.1 Å². The van der Waals surface area contributed by atoms with Crippen molar-refractivity contribution >= 4 is 57.1 Å². The second-order valence-corrected chi connectivity index (χ2v) is 9.62. The van der Waals surface area contributed by atoms with Crippen LogP contribution in [-0.4, -0.2) is 48.6 Å². The molecule has 0 atom stereocenters. The van der Waals surface area contributed by atoms with Gasteiger partial charge in [0.15, 0.2) is 0 Å². The lowest BCUT2D eigenvalue weighted by atomic mass is 10.1. The Morgan fingerprint density at radius 3 is 2.75 bits per heavy atom. The molecule has 1 aromatic carbocycles. The molecule has 5 rings (SSSR count). The molecule has 4 heterocycles. The summed E-state index contributed by atoms with van der Waals surface area (Å²) in [5.74, 6) is 0.0337. The van der Waals surface area contributed by atoms with Crippen LogP contribution >= 0.6 is 24.0 Å². The standard InChI is InChI=1S/C24H22N4O2S2/c29-22(26-10-3-4-11-26)16-27-15-18(19-7-1-2-8-20(19)27)12-21-23(30)28(24(31)32-21)14-17-6-5-9-25-13-17/h1-2,5-9,12-13,15H,3-4,10-11,14,16H2/b21-12+. The summed E-state index contributed by atoms with van der Waals surface area (Å²) >= 11 is 6.79. The number of para-hydroxylation sites is 1. The quantitative estimate of drug-likeness (QED) is 0.423. The third kappa shape index (κ3) is 4.08. The molecule has 2 aromatic heterocycles. The van der Waals surface area contributed by atoms with Crippen molar-refractivity contribution in [1.29, 1.82) is 0 Å². The molecule has 2 fully saturated rings. The monoisotopic (exact) mass is 462 g/mol. The second-order valence-electron chi connectivity index (χ2n) is 7.95. The van der Waals surface area contributed by atoms with Gasteiger partial charge in [-0.25, -0.2) is 0 Å². The van der Waals surface area contributed by atoms with Gasteiger partial charge in [-0.3, -0.25) is 19.5 Å². The van der Waals surface area contributed by atoms with Crippen LogP contribution < -0.4 is 0 Å². The summed E-state index contributed by atoms with van der Waals surface area (Å²) in [6.45, 7) is 2.38. The summed E-state index contributed by atoms with van der Waals surface area (Å²) < 4.78 is 2.52. The van der Waals surface area contributed by atoms with Crippen LogP contribution in [0.15, 0.2) is 59.9 Å². The van der Waals surface area contributed by atoms with Gasteiger partial charge in [0.25, 0.3) is 5.91 Å². The van der Waals surface area contributed by atoms with Crippen LogP contribution in [0.4, 0.5) is 0 Å². The Morgan fingerprint density at radius 2 is 1.97 bits per heavy atom. The number of thioether (sulfide) groups is 1. The Hall–Kier alpha value is -2.97. The van der Waals surface area contributed by atoms with Crippen molar-refractivity contribution < 1.29 is 9.59 Å². The molecule has 2 saturated heterocycles. The highest BCUT2D eigenvalue weighted by Gasteiger charge is 2.32. The van der Waals surface area contributed by atoms with E-state index >= 15 is 0 Å². The minimum Gasteiger partial charge on any atom is -0.341 e. The first-order valence-corrected chi connectivity index (χ1v) is 11.8. The molecule has 0 bridgehead atoms. The third-order valence-electron chi connectivity index (χ3n) is 5.81. The van der Waals surface area contributed by atoms with E-state index in [0.29, 0.717) is 22.3 Å². The van der Waals surface area contributed by atoms with Gasteiger partial charge in [0.2, 0.25) is 5.91 Å². The van der Waals surface area contributed by atoms with Gasteiger partial charge in [-0.05, 0) is 36.6 Å². The number of nitrogens with zero attached hydrogens (tertiary/aromatic N) is 4. The Morgan fingerprint density at radius 1 is 1.16 bits per heavy atom. The summed E-state index contributed by atoms with van der Waals surface area (Å²) in [4.78, 5) is 34.1. The van der Waals surface area contributed by atoms with Crippen LogP contribution in [0.2, 0.25) is 0 Å². The first-order chi connectivity index (χ1) is 15.6. The van der Waals surface area contributed by atoms with E-state index < -0.39 is 0 Å². The molecule has 2 aliphatic rings. The molecule has 162 valence electrons. The fourth-order valence-electron chi connectivity index (χ4n) is 4.19. The maximum atomic E-state index is 13.1. The predicted molar refractivity (Wildman–Crippen MR) is 131 cm³/mol. The molecule has 0 spiro atoms. The van der Waals surface area contributed by atoms with Crippen LogP contribution in [0.3, 0.4) is 0 Å². The average molecular weight is 463 g/mol. The normalized spacial score (nSPS) is 17.8. The summed E-state index contributed by atoms with van der Waals surface area (Å²) in [6, 6.07) is 11.8. The molecule has 32 heavy (non-hydrogen) atoms. The fourth-order valence-corrected chi connectivity index (χ4v) is 5.43. The van der Waals surface area contributed by atoms with Crippen molar-refractivity contribution in [3.8, 4) is 0 Å². The number of likely N-dealkylation sites (tertiary alicyclic amines) is 1. The number of hydrogen-bond acceptors (Lipinski definition) is 5. The minimum atomic E-state index is -0.103. The van der Waals surface area contributed by atoms with Gasteiger partial charge in [0.05, 0.1) is 11.4 Å². The Labute approximate surface area is 195 Å². The molecule has 2 aliphatic heterocycles. The maximum absolute atomic E-state index is 13.1. The SMILES string of the molecule is O=C(Cn1cc(/C=C2/SC(=S)N(Cc3cccnc3)C2=O)c2ccccc21)N1CCCC1. The van der Waals surface area contributed by atoms with E-state index in [-0.39, 0.29) is 11.8 Å². The molecular formula is C24H22N4O2S2. The molecule has 0 unspecified atom stereocenters. The number of amides is 2. The van der Waals surface area contributed by atoms with Gasteiger partial charge >= 0.3 is 0 Å². The van der Waals surface area contributed by atoms with Gasteiger partial charge in [-0.15, -0.1) is 0 Å². The zero-order chi connectivity index (χ0) is 22.1. The van der Waals surface area contributed by atoms with Crippen molar-refractivity contribution in [1.82, 2.24) is 19.4 Å². The molecule has 8 heteroatoms. The highest BCUT2D eigenvalue weighted by Crippen LogP contribution is 2.35.